The average molecular weight is 259 g/mol. The first-order valence-electron chi connectivity index (χ1n) is 6.24. The van der Waals surface area contributed by atoms with Crippen molar-refractivity contribution in [2.24, 2.45) is 0 Å². The number of hydrogen-bond donors (Lipinski definition) is 1. The van der Waals surface area contributed by atoms with Crippen molar-refractivity contribution < 1.29 is 9.53 Å². The van der Waals surface area contributed by atoms with E-state index in [1.54, 1.807) is 0 Å². The minimum atomic E-state index is -0.406. The summed E-state index contributed by atoms with van der Waals surface area (Å²) in [5, 5.41) is 12.0. The van der Waals surface area contributed by atoms with Gasteiger partial charge in [0.05, 0.1) is 24.4 Å². The van der Waals surface area contributed by atoms with E-state index < -0.39 is 6.09 Å². The molecule has 1 N–H and O–H groups in total. The monoisotopic (exact) mass is 259 g/mol. The zero-order valence-corrected chi connectivity index (χ0v) is 11.1. The highest BCUT2D eigenvalue weighted by Crippen LogP contribution is 2.25. The van der Waals surface area contributed by atoms with Crippen LogP contribution in [0.4, 0.5) is 10.5 Å². The summed E-state index contributed by atoms with van der Waals surface area (Å²) in [6, 6.07) is 8.15. The number of rotatable bonds is 2. The van der Waals surface area contributed by atoms with Crippen molar-refractivity contribution in [2.75, 3.05) is 25.1 Å². The Labute approximate surface area is 112 Å². The zero-order valence-electron chi connectivity index (χ0n) is 11.1. The molecule has 0 radical (unpaired) electrons. The van der Waals surface area contributed by atoms with Crippen LogP contribution in [-0.4, -0.2) is 32.3 Å². The Hall–Kier alpha value is -2.22. The molecule has 0 spiro atoms. The van der Waals surface area contributed by atoms with Crippen LogP contribution < -0.4 is 10.2 Å². The number of methoxy groups -OCH3 is 1. The third-order valence-corrected chi connectivity index (χ3v) is 3.31. The number of alkyl carbamates (subject to hydrolysis) is 1. The Balaban J connectivity index is 2.09. The fourth-order valence-electron chi connectivity index (χ4n) is 2.34. The van der Waals surface area contributed by atoms with Gasteiger partial charge in [-0.05, 0) is 31.0 Å². The van der Waals surface area contributed by atoms with Crippen LogP contribution >= 0.6 is 0 Å². The van der Waals surface area contributed by atoms with E-state index in [9.17, 15) is 10.1 Å². The van der Waals surface area contributed by atoms with Crippen molar-refractivity contribution >= 4 is 11.8 Å². The van der Waals surface area contributed by atoms with Gasteiger partial charge < -0.3 is 15.0 Å². The van der Waals surface area contributed by atoms with E-state index in [1.807, 2.05) is 25.1 Å². The van der Waals surface area contributed by atoms with Crippen LogP contribution in [0.1, 0.15) is 17.5 Å². The molecule has 1 aromatic carbocycles. The minimum Gasteiger partial charge on any atom is -0.453 e. The lowest BCUT2D eigenvalue weighted by molar-refractivity contribution is 0.167. The number of benzene rings is 1. The maximum atomic E-state index is 11.2. The molecule has 19 heavy (non-hydrogen) atoms. The number of anilines is 1. The highest BCUT2D eigenvalue weighted by Gasteiger charge is 2.25. The van der Waals surface area contributed by atoms with Crippen LogP contribution in [0, 0.1) is 18.3 Å². The van der Waals surface area contributed by atoms with Crippen LogP contribution in [0.3, 0.4) is 0 Å². The second kappa shape index (κ2) is 5.61. The number of ether oxygens (including phenoxy) is 1. The van der Waals surface area contributed by atoms with Crippen LogP contribution in [0.25, 0.3) is 0 Å². The standard InChI is InChI=1S/C14H17N3O2/c1-10-3-4-13(11(7-10)8-15)17-6-5-12(9-17)16-14(18)19-2/h3-4,7,12H,5-6,9H2,1-2H3,(H,16,18). The number of nitrogens with zero attached hydrogens (tertiary/aromatic N) is 2. The van der Waals surface area contributed by atoms with Crippen LogP contribution in [-0.2, 0) is 4.74 Å². The van der Waals surface area contributed by atoms with E-state index >= 15 is 0 Å². The fourth-order valence-corrected chi connectivity index (χ4v) is 2.34. The summed E-state index contributed by atoms with van der Waals surface area (Å²) in [5.74, 6) is 0. The Morgan fingerprint density at radius 3 is 3.05 bits per heavy atom. The molecule has 0 aromatic heterocycles. The fraction of sp³-hybridized carbons (Fsp3) is 0.429. The molecule has 1 unspecified atom stereocenters. The van der Waals surface area contributed by atoms with Gasteiger partial charge in [0, 0.05) is 13.1 Å². The molecular weight excluding hydrogens is 242 g/mol. The number of nitriles is 1. The number of carbonyl (C=O) groups excluding carboxylic acids is 1. The number of hydrogen-bond acceptors (Lipinski definition) is 4. The Morgan fingerprint density at radius 1 is 1.58 bits per heavy atom. The van der Waals surface area contributed by atoms with Gasteiger partial charge in [-0.1, -0.05) is 6.07 Å². The van der Waals surface area contributed by atoms with E-state index in [4.69, 9.17) is 0 Å². The van der Waals surface area contributed by atoms with Gasteiger partial charge in [0.15, 0.2) is 0 Å². The van der Waals surface area contributed by atoms with Gasteiger partial charge in [-0.15, -0.1) is 0 Å². The van der Waals surface area contributed by atoms with Gasteiger partial charge in [0.2, 0.25) is 0 Å². The molecule has 5 nitrogen and oxygen atoms in total. The molecule has 2 rings (SSSR count). The predicted octanol–water partition coefficient (Wildman–Crippen LogP) is 1.80. The summed E-state index contributed by atoms with van der Waals surface area (Å²) in [6.45, 7) is 3.50. The Bertz CT molecular complexity index is 522. The third-order valence-electron chi connectivity index (χ3n) is 3.31. The second-order valence-electron chi connectivity index (χ2n) is 4.70. The molecule has 1 aliphatic rings. The first kappa shape index (κ1) is 13.2. The smallest absolute Gasteiger partial charge is 0.407 e. The van der Waals surface area contributed by atoms with E-state index in [0.29, 0.717) is 12.1 Å². The lowest BCUT2D eigenvalue weighted by Gasteiger charge is -2.20. The SMILES string of the molecule is COC(=O)NC1CCN(c2ccc(C)cc2C#N)C1. The zero-order chi connectivity index (χ0) is 13.8. The second-order valence-corrected chi connectivity index (χ2v) is 4.70. The molecule has 1 heterocycles. The summed E-state index contributed by atoms with van der Waals surface area (Å²) in [7, 11) is 1.36. The number of nitrogens with one attached hydrogen (secondary N) is 1. The Kier molecular flexibility index (Phi) is 3.91. The van der Waals surface area contributed by atoms with Gasteiger partial charge >= 0.3 is 6.09 Å². The highest BCUT2D eigenvalue weighted by atomic mass is 16.5. The van der Waals surface area contributed by atoms with E-state index in [0.717, 1.165) is 24.2 Å². The van der Waals surface area contributed by atoms with Crippen molar-refractivity contribution in [3.05, 3.63) is 29.3 Å². The maximum Gasteiger partial charge on any atom is 0.407 e. The Morgan fingerprint density at radius 2 is 2.37 bits per heavy atom. The van der Waals surface area contributed by atoms with Gasteiger partial charge in [-0.25, -0.2) is 4.79 Å². The van der Waals surface area contributed by atoms with Crippen molar-refractivity contribution in [3.63, 3.8) is 0 Å². The predicted molar refractivity (Wildman–Crippen MR) is 72.1 cm³/mol. The summed E-state index contributed by atoms with van der Waals surface area (Å²) in [5.41, 5.74) is 2.68. The van der Waals surface area contributed by atoms with Gasteiger partial charge in [0.1, 0.15) is 6.07 Å². The molecule has 5 heteroatoms. The topological polar surface area (TPSA) is 65.4 Å². The molecule has 1 aliphatic heterocycles. The van der Waals surface area contributed by atoms with Crippen molar-refractivity contribution in [1.29, 1.82) is 5.26 Å². The van der Waals surface area contributed by atoms with Gasteiger partial charge in [0.25, 0.3) is 0 Å². The van der Waals surface area contributed by atoms with E-state index in [2.05, 4.69) is 21.0 Å². The van der Waals surface area contributed by atoms with Crippen molar-refractivity contribution in [3.8, 4) is 6.07 Å². The highest BCUT2D eigenvalue weighted by molar-refractivity contribution is 5.68. The molecule has 0 bridgehead atoms. The van der Waals surface area contributed by atoms with E-state index in [-0.39, 0.29) is 6.04 Å². The third kappa shape index (κ3) is 2.97. The first-order valence-corrected chi connectivity index (χ1v) is 6.24. The maximum absolute atomic E-state index is 11.2. The minimum absolute atomic E-state index is 0.0697. The molecule has 1 amide bonds. The summed E-state index contributed by atoms with van der Waals surface area (Å²) >= 11 is 0. The number of carbonyl (C=O) groups is 1. The van der Waals surface area contributed by atoms with Crippen LogP contribution in [0.5, 0.6) is 0 Å². The molecule has 1 fully saturated rings. The first-order chi connectivity index (χ1) is 9.13. The van der Waals surface area contributed by atoms with Gasteiger partial charge in [-0.3, -0.25) is 0 Å². The van der Waals surface area contributed by atoms with Crippen LogP contribution in [0.2, 0.25) is 0 Å². The van der Waals surface area contributed by atoms with Gasteiger partial charge in [-0.2, -0.15) is 5.26 Å². The quantitative estimate of drug-likeness (QED) is 0.879. The summed E-state index contributed by atoms with van der Waals surface area (Å²) in [4.78, 5) is 13.3. The van der Waals surface area contributed by atoms with E-state index in [1.165, 1.54) is 7.11 Å². The molecule has 1 saturated heterocycles. The summed E-state index contributed by atoms with van der Waals surface area (Å²) in [6.07, 6.45) is 0.449. The number of amides is 1. The molecule has 100 valence electrons. The largest absolute Gasteiger partial charge is 0.453 e. The van der Waals surface area contributed by atoms with Crippen molar-refractivity contribution in [2.45, 2.75) is 19.4 Å². The average Bonchev–Trinajstić information content (AvgIpc) is 2.86. The summed E-state index contributed by atoms with van der Waals surface area (Å²) < 4.78 is 4.59. The molecule has 1 aromatic rings. The normalized spacial score (nSPS) is 17.9. The number of aryl methyl sites for hydroxylation is 1. The molecule has 0 aliphatic carbocycles. The molecule has 1 atom stereocenters. The van der Waals surface area contributed by atoms with Crippen molar-refractivity contribution in [1.82, 2.24) is 5.32 Å². The lowest BCUT2D eigenvalue weighted by Crippen LogP contribution is -2.37. The lowest BCUT2D eigenvalue weighted by atomic mass is 10.1. The van der Waals surface area contributed by atoms with Crippen LogP contribution in [0.15, 0.2) is 18.2 Å². The molecule has 0 saturated carbocycles. The molecular formula is C14H17N3O2.